The monoisotopic (exact) mass is 241 g/mol. The van der Waals surface area contributed by atoms with Gasteiger partial charge in [-0.3, -0.25) is 4.57 Å². The number of rotatable bonds is 2. The van der Waals surface area contributed by atoms with E-state index in [1.807, 2.05) is 12.4 Å². The van der Waals surface area contributed by atoms with E-state index in [2.05, 4.69) is 52.9 Å². The lowest BCUT2D eigenvalue weighted by molar-refractivity contribution is 0.319. The van der Waals surface area contributed by atoms with E-state index in [4.69, 9.17) is 0 Å². The van der Waals surface area contributed by atoms with Crippen LogP contribution in [-0.2, 0) is 0 Å². The summed E-state index contributed by atoms with van der Waals surface area (Å²) < 4.78 is 2.14. The van der Waals surface area contributed by atoms with Crippen molar-refractivity contribution in [3.05, 3.63) is 42.5 Å². The Balaban J connectivity index is 2.03. The Morgan fingerprint density at radius 2 is 2.00 bits per heavy atom. The normalized spacial score (nSPS) is 22.2. The highest BCUT2D eigenvalue weighted by Crippen LogP contribution is 2.48. The first kappa shape index (κ1) is 11.5. The molecule has 0 N–H and O–H groups in total. The van der Waals surface area contributed by atoms with Crippen LogP contribution in [-0.4, -0.2) is 14.8 Å². The molecule has 1 unspecified atom stereocenters. The molecule has 1 aromatic carbocycles. The molecule has 0 spiro atoms. The molecule has 1 heterocycles. The second kappa shape index (κ2) is 4.23. The maximum atomic E-state index is 4.38. The fourth-order valence-corrected chi connectivity index (χ4v) is 3.07. The zero-order valence-corrected chi connectivity index (χ0v) is 11.0. The summed E-state index contributed by atoms with van der Waals surface area (Å²) in [6.45, 7) is 4.68. The SMILES string of the molecule is CC1(C)CCCC1c1nncn1-c1ccccc1. The van der Waals surface area contributed by atoms with Gasteiger partial charge in [0.1, 0.15) is 12.2 Å². The molecule has 2 aromatic rings. The van der Waals surface area contributed by atoms with Gasteiger partial charge in [-0.25, -0.2) is 0 Å². The van der Waals surface area contributed by atoms with Crippen LogP contribution in [0.3, 0.4) is 0 Å². The lowest BCUT2D eigenvalue weighted by Gasteiger charge is -2.26. The average molecular weight is 241 g/mol. The van der Waals surface area contributed by atoms with E-state index in [0.717, 1.165) is 11.5 Å². The van der Waals surface area contributed by atoms with E-state index in [1.54, 1.807) is 0 Å². The third-order valence-electron chi connectivity index (χ3n) is 4.18. The van der Waals surface area contributed by atoms with Crippen LogP contribution in [0, 0.1) is 5.41 Å². The Morgan fingerprint density at radius 1 is 1.22 bits per heavy atom. The summed E-state index contributed by atoms with van der Waals surface area (Å²) in [5, 5.41) is 8.50. The third kappa shape index (κ3) is 1.84. The van der Waals surface area contributed by atoms with Crippen molar-refractivity contribution in [3.63, 3.8) is 0 Å². The molecule has 0 saturated heterocycles. The molecule has 0 radical (unpaired) electrons. The molecule has 0 bridgehead atoms. The molecular formula is C15H19N3. The summed E-state index contributed by atoms with van der Waals surface area (Å²) in [6, 6.07) is 10.4. The first-order valence-corrected chi connectivity index (χ1v) is 6.64. The Labute approximate surface area is 108 Å². The first-order chi connectivity index (χ1) is 8.68. The molecule has 1 saturated carbocycles. The van der Waals surface area contributed by atoms with Crippen molar-refractivity contribution >= 4 is 0 Å². The molecule has 1 fully saturated rings. The lowest BCUT2D eigenvalue weighted by Crippen LogP contribution is -2.19. The predicted octanol–water partition coefficient (Wildman–Crippen LogP) is 3.56. The van der Waals surface area contributed by atoms with E-state index in [1.165, 1.54) is 19.3 Å². The quantitative estimate of drug-likeness (QED) is 0.804. The van der Waals surface area contributed by atoms with Gasteiger partial charge < -0.3 is 0 Å². The zero-order valence-electron chi connectivity index (χ0n) is 11.0. The summed E-state index contributed by atoms with van der Waals surface area (Å²) in [6.07, 6.45) is 5.62. The van der Waals surface area contributed by atoms with Crippen molar-refractivity contribution in [1.29, 1.82) is 0 Å². The average Bonchev–Trinajstić information content (AvgIpc) is 2.95. The van der Waals surface area contributed by atoms with Gasteiger partial charge in [-0.15, -0.1) is 10.2 Å². The summed E-state index contributed by atoms with van der Waals surface area (Å²) in [7, 11) is 0. The number of nitrogens with zero attached hydrogens (tertiary/aromatic N) is 3. The zero-order chi connectivity index (χ0) is 12.6. The maximum absolute atomic E-state index is 4.38. The molecule has 1 atom stereocenters. The number of hydrogen-bond acceptors (Lipinski definition) is 2. The van der Waals surface area contributed by atoms with Crippen LogP contribution in [0.25, 0.3) is 5.69 Å². The molecule has 18 heavy (non-hydrogen) atoms. The third-order valence-corrected chi connectivity index (χ3v) is 4.18. The molecule has 94 valence electrons. The second-order valence-electron chi connectivity index (χ2n) is 5.83. The van der Waals surface area contributed by atoms with Gasteiger partial charge >= 0.3 is 0 Å². The van der Waals surface area contributed by atoms with Crippen molar-refractivity contribution in [2.75, 3.05) is 0 Å². The standard InChI is InChI=1S/C15H19N3/c1-15(2)10-6-9-13(15)14-17-16-11-18(14)12-7-4-3-5-8-12/h3-5,7-8,11,13H,6,9-10H2,1-2H3. The minimum Gasteiger partial charge on any atom is -0.285 e. The van der Waals surface area contributed by atoms with E-state index in [-0.39, 0.29) is 0 Å². The van der Waals surface area contributed by atoms with Crippen LogP contribution in [0.5, 0.6) is 0 Å². The predicted molar refractivity (Wildman–Crippen MR) is 71.7 cm³/mol. The molecule has 3 nitrogen and oxygen atoms in total. The van der Waals surface area contributed by atoms with Gasteiger partial charge in [0, 0.05) is 11.6 Å². The van der Waals surface area contributed by atoms with E-state index in [0.29, 0.717) is 11.3 Å². The van der Waals surface area contributed by atoms with Crippen molar-refractivity contribution in [2.45, 2.75) is 39.0 Å². The van der Waals surface area contributed by atoms with Crippen LogP contribution in [0.2, 0.25) is 0 Å². The molecule has 3 rings (SSSR count). The number of aromatic nitrogens is 3. The minimum atomic E-state index is 0.333. The summed E-state index contributed by atoms with van der Waals surface area (Å²) >= 11 is 0. The molecular weight excluding hydrogens is 222 g/mol. The lowest BCUT2D eigenvalue weighted by atomic mass is 9.81. The van der Waals surface area contributed by atoms with Crippen LogP contribution in [0.15, 0.2) is 36.7 Å². The number of hydrogen-bond donors (Lipinski definition) is 0. The van der Waals surface area contributed by atoms with Gasteiger partial charge in [0.2, 0.25) is 0 Å². The number of para-hydroxylation sites is 1. The van der Waals surface area contributed by atoms with Crippen LogP contribution < -0.4 is 0 Å². The molecule has 0 amide bonds. The van der Waals surface area contributed by atoms with Gasteiger partial charge in [-0.05, 0) is 30.4 Å². The Kier molecular flexibility index (Phi) is 2.69. The van der Waals surface area contributed by atoms with Gasteiger partial charge in [0.15, 0.2) is 0 Å². The van der Waals surface area contributed by atoms with Crippen LogP contribution in [0.4, 0.5) is 0 Å². The highest BCUT2D eigenvalue weighted by molar-refractivity contribution is 5.33. The summed E-state index contributed by atoms with van der Waals surface area (Å²) in [5.74, 6) is 1.63. The highest BCUT2D eigenvalue weighted by Gasteiger charge is 2.38. The molecule has 1 aromatic heterocycles. The van der Waals surface area contributed by atoms with Gasteiger partial charge in [-0.1, -0.05) is 38.5 Å². The Hall–Kier alpha value is -1.64. The smallest absolute Gasteiger partial charge is 0.141 e. The molecule has 3 heteroatoms. The van der Waals surface area contributed by atoms with Gasteiger partial charge in [0.25, 0.3) is 0 Å². The summed E-state index contributed by atoms with van der Waals surface area (Å²) in [4.78, 5) is 0. The topological polar surface area (TPSA) is 30.7 Å². The Bertz CT molecular complexity index is 528. The maximum Gasteiger partial charge on any atom is 0.141 e. The van der Waals surface area contributed by atoms with Crippen LogP contribution >= 0.6 is 0 Å². The molecule has 0 aliphatic heterocycles. The largest absolute Gasteiger partial charge is 0.285 e. The fraction of sp³-hybridized carbons (Fsp3) is 0.467. The Morgan fingerprint density at radius 3 is 2.67 bits per heavy atom. The van der Waals surface area contributed by atoms with Gasteiger partial charge in [0.05, 0.1) is 0 Å². The van der Waals surface area contributed by atoms with E-state index in [9.17, 15) is 0 Å². The van der Waals surface area contributed by atoms with Crippen molar-refractivity contribution < 1.29 is 0 Å². The van der Waals surface area contributed by atoms with Gasteiger partial charge in [-0.2, -0.15) is 0 Å². The minimum absolute atomic E-state index is 0.333. The van der Waals surface area contributed by atoms with Crippen LogP contribution in [0.1, 0.15) is 44.9 Å². The fourth-order valence-electron chi connectivity index (χ4n) is 3.07. The van der Waals surface area contributed by atoms with E-state index < -0.39 is 0 Å². The first-order valence-electron chi connectivity index (χ1n) is 6.64. The highest BCUT2D eigenvalue weighted by atomic mass is 15.3. The van der Waals surface area contributed by atoms with Crippen molar-refractivity contribution in [3.8, 4) is 5.69 Å². The number of benzene rings is 1. The van der Waals surface area contributed by atoms with Crippen molar-refractivity contribution in [2.24, 2.45) is 5.41 Å². The summed E-state index contributed by atoms with van der Waals surface area (Å²) in [5.41, 5.74) is 1.49. The van der Waals surface area contributed by atoms with E-state index >= 15 is 0 Å². The second-order valence-corrected chi connectivity index (χ2v) is 5.83. The van der Waals surface area contributed by atoms with Crippen molar-refractivity contribution in [1.82, 2.24) is 14.8 Å². The molecule has 1 aliphatic rings. The molecule has 1 aliphatic carbocycles.